The summed E-state index contributed by atoms with van der Waals surface area (Å²) < 4.78 is 0. The van der Waals surface area contributed by atoms with Crippen molar-refractivity contribution in [2.45, 2.75) is 25.8 Å². The van der Waals surface area contributed by atoms with Crippen molar-refractivity contribution in [3.05, 3.63) is 24.6 Å². The molecule has 1 unspecified atom stereocenters. The maximum absolute atomic E-state index is 9.19. The fraction of sp³-hybridized carbons (Fsp3) is 0.556. The molecule has 0 aromatic heterocycles. The number of aliphatic hydroxyl groups is 1. The minimum absolute atomic E-state index is 0.118. The molecule has 1 heterocycles. The van der Waals surface area contributed by atoms with Crippen LogP contribution in [0.3, 0.4) is 0 Å². The third-order valence-corrected chi connectivity index (χ3v) is 2.13. The summed E-state index contributed by atoms with van der Waals surface area (Å²) in [6.07, 6.45) is 2.12. The lowest BCUT2D eigenvalue weighted by molar-refractivity contribution is 0.264. The topological polar surface area (TPSA) is 23.5 Å². The van der Waals surface area contributed by atoms with Crippen LogP contribution in [-0.4, -0.2) is 22.6 Å². The van der Waals surface area contributed by atoms with Crippen LogP contribution in [0.1, 0.15) is 19.8 Å². The Balaban J connectivity index is 2.65. The smallest absolute Gasteiger partial charge is 0.107 e. The molecule has 0 radical (unpaired) electrons. The van der Waals surface area contributed by atoms with Crippen molar-refractivity contribution in [2.24, 2.45) is 0 Å². The second kappa shape index (κ2) is 2.99. The summed E-state index contributed by atoms with van der Waals surface area (Å²) in [4.78, 5) is 2.10. The minimum Gasteiger partial charge on any atom is -0.511 e. The molecule has 0 aliphatic carbocycles. The van der Waals surface area contributed by atoms with Gasteiger partial charge in [0.05, 0.1) is 6.04 Å². The molecule has 1 N–H and O–H groups in total. The third kappa shape index (κ3) is 1.56. The van der Waals surface area contributed by atoms with Crippen LogP contribution in [0.2, 0.25) is 0 Å². The number of hydrogen-bond donors (Lipinski definition) is 1. The Morgan fingerprint density at radius 2 is 2.18 bits per heavy atom. The molecular weight excluding hydrogens is 138 g/mol. The molecule has 1 fully saturated rings. The van der Waals surface area contributed by atoms with Crippen LogP contribution in [0, 0.1) is 0 Å². The Labute approximate surface area is 67.8 Å². The molecule has 1 aliphatic heterocycles. The van der Waals surface area contributed by atoms with Crippen molar-refractivity contribution < 1.29 is 5.11 Å². The zero-order valence-electron chi connectivity index (χ0n) is 7.01. The van der Waals surface area contributed by atoms with Gasteiger partial charge >= 0.3 is 0 Å². The highest BCUT2D eigenvalue weighted by molar-refractivity contribution is 5.06. The number of hydrogen-bond acceptors (Lipinski definition) is 2. The van der Waals surface area contributed by atoms with Crippen molar-refractivity contribution >= 4 is 0 Å². The predicted octanol–water partition coefficient (Wildman–Crippen LogP) is 2.06. The van der Waals surface area contributed by atoms with Gasteiger partial charge < -0.3 is 10.0 Å². The van der Waals surface area contributed by atoms with E-state index in [4.69, 9.17) is 0 Å². The summed E-state index contributed by atoms with van der Waals surface area (Å²) in [5.41, 5.74) is 1.02. The number of aliphatic hydroxyl groups excluding tert-OH is 1. The second-order valence-electron chi connectivity index (χ2n) is 3.08. The normalized spacial score (nSPS) is 23.7. The fourth-order valence-corrected chi connectivity index (χ4v) is 1.57. The lowest BCUT2D eigenvalue weighted by atomic mass is 10.2. The van der Waals surface area contributed by atoms with E-state index in [-0.39, 0.29) is 11.8 Å². The first-order valence-corrected chi connectivity index (χ1v) is 3.93. The Morgan fingerprint density at radius 3 is 2.55 bits per heavy atom. The highest BCUT2D eigenvalue weighted by Gasteiger charge is 2.25. The number of rotatable bonds is 2. The Morgan fingerprint density at radius 1 is 1.55 bits per heavy atom. The maximum atomic E-state index is 9.19. The molecule has 1 aliphatic rings. The predicted molar refractivity (Wildman–Crippen MR) is 46.3 cm³/mol. The average Bonchev–Trinajstić information content (AvgIpc) is 2.32. The monoisotopic (exact) mass is 153 g/mol. The summed E-state index contributed by atoms with van der Waals surface area (Å²) in [6, 6.07) is 0.118. The molecule has 62 valence electrons. The van der Waals surface area contributed by atoms with Crippen LogP contribution in [0.5, 0.6) is 0 Å². The van der Waals surface area contributed by atoms with Gasteiger partial charge in [0.2, 0.25) is 0 Å². The van der Waals surface area contributed by atoms with Gasteiger partial charge in [-0.25, -0.2) is 0 Å². The highest BCUT2D eigenvalue weighted by atomic mass is 16.3. The molecule has 1 rings (SSSR count). The van der Waals surface area contributed by atoms with E-state index in [1.165, 1.54) is 0 Å². The molecule has 0 bridgehead atoms. The van der Waals surface area contributed by atoms with Crippen LogP contribution in [0.15, 0.2) is 24.6 Å². The molecule has 0 amide bonds. The van der Waals surface area contributed by atoms with Crippen molar-refractivity contribution in [3.63, 3.8) is 0 Å². The average molecular weight is 153 g/mol. The molecule has 1 saturated heterocycles. The second-order valence-corrected chi connectivity index (χ2v) is 3.08. The molecule has 2 heteroatoms. The first-order chi connectivity index (χ1) is 5.13. The van der Waals surface area contributed by atoms with Crippen LogP contribution in [0.4, 0.5) is 0 Å². The number of likely N-dealkylation sites (tertiary alicyclic amines) is 1. The van der Waals surface area contributed by atoms with Gasteiger partial charge in [0, 0.05) is 12.2 Å². The zero-order valence-corrected chi connectivity index (χ0v) is 7.01. The zero-order chi connectivity index (χ0) is 8.43. The van der Waals surface area contributed by atoms with Gasteiger partial charge in [-0.1, -0.05) is 13.2 Å². The molecule has 1 atom stereocenters. The van der Waals surface area contributed by atoms with E-state index in [1.807, 2.05) is 6.92 Å². The molecule has 2 nitrogen and oxygen atoms in total. The summed E-state index contributed by atoms with van der Waals surface area (Å²) in [5.74, 6) is 0.269. The Bertz CT molecular complexity index is 166. The van der Waals surface area contributed by atoms with E-state index in [9.17, 15) is 5.11 Å². The van der Waals surface area contributed by atoms with Gasteiger partial charge in [0.1, 0.15) is 5.76 Å². The van der Waals surface area contributed by atoms with E-state index in [2.05, 4.69) is 18.1 Å². The van der Waals surface area contributed by atoms with Crippen LogP contribution in [0.25, 0.3) is 0 Å². The maximum Gasteiger partial charge on any atom is 0.107 e. The van der Waals surface area contributed by atoms with E-state index in [1.54, 1.807) is 0 Å². The van der Waals surface area contributed by atoms with Gasteiger partial charge in [0.25, 0.3) is 0 Å². The minimum atomic E-state index is 0.118. The first kappa shape index (κ1) is 8.18. The summed E-state index contributed by atoms with van der Waals surface area (Å²) >= 11 is 0. The lowest BCUT2D eigenvalue weighted by Crippen LogP contribution is -2.28. The fourth-order valence-electron chi connectivity index (χ4n) is 1.57. The van der Waals surface area contributed by atoms with Gasteiger partial charge in [-0.15, -0.1) is 0 Å². The summed E-state index contributed by atoms with van der Waals surface area (Å²) in [6.45, 7) is 10.3. The summed E-state index contributed by atoms with van der Waals surface area (Å²) in [7, 11) is 0. The van der Waals surface area contributed by atoms with Gasteiger partial charge in [-0.3, -0.25) is 0 Å². The van der Waals surface area contributed by atoms with Crippen molar-refractivity contribution in [1.29, 1.82) is 0 Å². The van der Waals surface area contributed by atoms with Gasteiger partial charge in [0.15, 0.2) is 0 Å². The van der Waals surface area contributed by atoms with Crippen molar-refractivity contribution in [2.75, 3.05) is 6.54 Å². The van der Waals surface area contributed by atoms with Crippen molar-refractivity contribution in [1.82, 2.24) is 4.90 Å². The van der Waals surface area contributed by atoms with Crippen LogP contribution >= 0.6 is 0 Å². The molecule has 0 spiro atoms. The largest absolute Gasteiger partial charge is 0.511 e. The van der Waals surface area contributed by atoms with Gasteiger partial charge in [-0.05, 0) is 19.8 Å². The van der Waals surface area contributed by atoms with E-state index in [0.717, 1.165) is 25.1 Å². The number of allylic oxidation sites excluding steroid dienone is 1. The van der Waals surface area contributed by atoms with Gasteiger partial charge in [-0.2, -0.15) is 0 Å². The van der Waals surface area contributed by atoms with Crippen molar-refractivity contribution in [3.8, 4) is 0 Å². The van der Waals surface area contributed by atoms with E-state index < -0.39 is 0 Å². The Hall–Kier alpha value is -0.920. The van der Waals surface area contributed by atoms with Crippen LogP contribution in [-0.2, 0) is 0 Å². The molecule has 0 aromatic rings. The molecule has 0 aromatic carbocycles. The summed E-state index contributed by atoms with van der Waals surface area (Å²) in [5, 5.41) is 9.19. The number of nitrogens with zero attached hydrogens (tertiary/aromatic N) is 1. The highest BCUT2D eigenvalue weighted by Crippen LogP contribution is 2.24. The van der Waals surface area contributed by atoms with Crippen LogP contribution < -0.4 is 0 Å². The third-order valence-electron chi connectivity index (χ3n) is 2.13. The molecule has 0 saturated carbocycles. The lowest BCUT2D eigenvalue weighted by Gasteiger charge is -2.25. The SMILES string of the molecule is C=C(O)C1CCCN1C(=C)C. The van der Waals surface area contributed by atoms with E-state index >= 15 is 0 Å². The van der Waals surface area contributed by atoms with E-state index in [0.29, 0.717) is 0 Å². The standard InChI is InChI=1S/C9H15NO/c1-7(2)10-6-4-5-9(10)8(3)11/h9,11H,1,3-6H2,2H3. The molecular formula is C9H15NO. The quantitative estimate of drug-likeness (QED) is 0.614. The Kier molecular flexibility index (Phi) is 2.22. The molecule has 11 heavy (non-hydrogen) atoms. The first-order valence-electron chi connectivity index (χ1n) is 3.93.